The SMILES string of the molecule is CCCC(Nc1nc(-c2cnc3ccc(F)cn23)ncc1N)c1ccc(F)cn1. The lowest BCUT2D eigenvalue weighted by molar-refractivity contribution is 0.608. The van der Waals surface area contributed by atoms with E-state index in [-0.39, 0.29) is 6.04 Å². The highest BCUT2D eigenvalue weighted by molar-refractivity contribution is 5.66. The topological polar surface area (TPSA) is 94.0 Å². The third-order valence-electron chi connectivity index (χ3n) is 4.51. The molecule has 1 unspecified atom stereocenters. The zero-order chi connectivity index (χ0) is 20.4. The van der Waals surface area contributed by atoms with Gasteiger partial charge in [-0.1, -0.05) is 13.3 Å². The highest BCUT2D eigenvalue weighted by Crippen LogP contribution is 2.27. The predicted octanol–water partition coefficient (Wildman–Crippen LogP) is 4.00. The molecule has 4 aromatic rings. The Balaban J connectivity index is 1.70. The fourth-order valence-corrected chi connectivity index (χ4v) is 3.09. The van der Waals surface area contributed by atoms with Crippen LogP contribution in [-0.2, 0) is 0 Å². The summed E-state index contributed by atoms with van der Waals surface area (Å²) >= 11 is 0. The minimum Gasteiger partial charge on any atom is -0.394 e. The van der Waals surface area contributed by atoms with Crippen LogP contribution in [0.3, 0.4) is 0 Å². The number of aromatic nitrogens is 5. The molecule has 0 radical (unpaired) electrons. The third-order valence-corrected chi connectivity index (χ3v) is 4.51. The molecule has 7 nitrogen and oxygen atoms in total. The number of hydrogen-bond acceptors (Lipinski definition) is 6. The maximum Gasteiger partial charge on any atom is 0.180 e. The second-order valence-corrected chi connectivity index (χ2v) is 6.60. The Labute approximate surface area is 165 Å². The van der Waals surface area contributed by atoms with E-state index in [1.54, 1.807) is 22.7 Å². The first-order chi connectivity index (χ1) is 14.0. The zero-order valence-corrected chi connectivity index (χ0v) is 15.7. The molecule has 3 N–H and O–H groups in total. The molecule has 9 heteroatoms. The molecule has 0 amide bonds. The number of nitrogens with two attached hydrogens (primary N) is 1. The lowest BCUT2D eigenvalue weighted by Gasteiger charge is -2.19. The van der Waals surface area contributed by atoms with Crippen molar-refractivity contribution in [1.82, 2.24) is 24.3 Å². The molecule has 4 heterocycles. The molecule has 0 fully saturated rings. The first-order valence-corrected chi connectivity index (χ1v) is 9.18. The van der Waals surface area contributed by atoms with E-state index in [1.165, 1.54) is 30.7 Å². The molecule has 0 saturated carbocycles. The van der Waals surface area contributed by atoms with E-state index in [0.717, 1.165) is 12.8 Å². The van der Waals surface area contributed by atoms with Gasteiger partial charge in [-0.3, -0.25) is 9.38 Å². The molecule has 0 aliphatic rings. The first kappa shape index (κ1) is 18.7. The molecular formula is C20H19F2N7. The molecule has 29 heavy (non-hydrogen) atoms. The maximum absolute atomic E-state index is 13.7. The van der Waals surface area contributed by atoms with Crippen molar-refractivity contribution in [2.24, 2.45) is 0 Å². The summed E-state index contributed by atoms with van der Waals surface area (Å²) < 4.78 is 28.5. The van der Waals surface area contributed by atoms with Gasteiger partial charge in [0.25, 0.3) is 0 Å². The maximum atomic E-state index is 13.7. The summed E-state index contributed by atoms with van der Waals surface area (Å²) in [6, 6.07) is 5.72. The van der Waals surface area contributed by atoms with E-state index in [9.17, 15) is 8.78 Å². The lowest BCUT2D eigenvalue weighted by Crippen LogP contribution is -2.15. The summed E-state index contributed by atoms with van der Waals surface area (Å²) in [6.07, 6.45) is 7.20. The molecule has 0 spiro atoms. The molecule has 0 aliphatic heterocycles. The van der Waals surface area contributed by atoms with Crippen LogP contribution in [0.4, 0.5) is 20.3 Å². The second kappa shape index (κ2) is 7.78. The van der Waals surface area contributed by atoms with E-state index < -0.39 is 11.6 Å². The van der Waals surface area contributed by atoms with E-state index >= 15 is 0 Å². The van der Waals surface area contributed by atoms with Crippen molar-refractivity contribution in [1.29, 1.82) is 0 Å². The number of fused-ring (bicyclic) bond motifs is 1. The molecular weight excluding hydrogens is 376 g/mol. The fraction of sp³-hybridized carbons (Fsp3) is 0.200. The number of hydrogen-bond donors (Lipinski definition) is 2. The van der Waals surface area contributed by atoms with Gasteiger partial charge in [-0.05, 0) is 30.7 Å². The van der Waals surface area contributed by atoms with Gasteiger partial charge in [0, 0.05) is 6.20 Å². The van der Waals surface area contributed by atoms with Gasteiger partial charge < -0.3 is 11.1 Å². The highest BCUT2D eigenvalue weighted by atomic mass is 19.1. The summed E-state index contributed by atoms with van der Waals surface area (Å²) in [4.78, 5) is 17.2. The Morgan fingerprint density at radius 1 is 1.03 bits per heavy atom. The monoisotopic (exact) mass is 395 g/mol. The summed E-state index contributed by atoms with van der Waals surface area (Å²) in [7, 11) is 0. The van der Waals surface area contributed by atoms with Crippen molar-refractivity contribution >= 4 is 17.2 Å². The highest BCUT2D eigenvalue weighted by Gasteiger charge is 2.17. The lowest BCUT2D eigenvalue weighted by atomic mass is 10.1. The quantitative estimate of drug-likeness (QED) is 0.512. The van der Waals surface area contributed by atoms with Crippen molar-refractivity contribution in [2.75, 3.05) is 11.1 Å². The Kier molecular flexibility index (Phi) is 5.03. The minimum atomic E-state index is -0.396. The Hall–Kier alpha value is -3.62. The number of anilines is 2. The molecule has 0 aromatic carbocycles. The standard InChI is InChI=1S/C20H19F2N7/c1-2-3-16(15-6-4-12(21)8-24-15)27-19-14(23)9-26-20(28-19)17-10-25-18-7-5-13(22)11-29(17)18/h4-11,16H,2-3,23H2,1H3,(H,26,27,28). The van der Waals surface area contributed by atoms with Gasteiger partial charge in [-0.25, -0.2) is 23.7 Å². The number of nitrogens with zero attached hydrogens (tertiary/aromatic N) is 5. The van der Waals surface area contributed by atoms with Crippen LogP contribution < -0.4 is 11.1 Å². The summed E-state index contributed by atoms with van der Waals surface area (Å²) in [5.41, 5.74) is 8.24. The van der Waals surface area contributed by atoms with Crippen molar-refractivity contribution in [3.05, 3.63) is 66.4 Å². The van der Waals surface area contributed by atoms with Crippen molar-refractivity contribution in [3.63, 3.8) is 0 Å². The minimum absolute atomic E-state index is 0.203. The van der Waals surface area contributed by atoms with Crippen LogP contribution in [0.15, 0.2) is 49.1 Å². The average Bonchev–Trinajstić information content (AvgIpc) is 3.13. The van der Waals surface area contributed by atoms with Gasteiger partial charge in [0.15, 0.2) is 11.6 Å². The summed E-state index contributed by atoms with van der Waals surface area (Å²) in [5, 5.41) is 3.28. The van der Waals surface area contributed by atoms with Crippen molar-refractivity contribution in [2.45, 2.75) is 25.8 Å². The van der Waals surface area contributed by atoms with Gasteiger partial charge in [-0.2, -0.15) is 0 Å². The van der Waals surface area contributed by atoms with Crippen LogP contribution in [-0.4, -0.2) is 24.3 Å². The van der Waals surface area contributed by atoms with E-state index in [0.29, 0.717) is 34.4 Å². The molecule has 4 rings (SSSR count). The largest absolute Gasteiger partial charge is 0.394 e. The number of nitrogens with one attached hydrogen (secondary N) is 1. The van der Waals surface area contributed by atoms with E-state index in [1.807, 2.05) is 6.92 Å². The van der Waals surface area contributed by atoms with Crippen LogP contribution in [0.5, 0.6) is 0 Å². The van der Waals surface area contributed by atoms with Crippen LogP contribution in [0.1, 0.15) is 31.5 Å². The number of halogens is 2. The van der Waals surface area contributed by atoms with Crippen LogP contribution in [0, 0.1) is 11.6 Å². The van der Waals surface area contributed by atoms with E-state index in [4.69, 9.17) is 5.73 Å². The average molecular weight is 395 g/mol. The number of imidazole rings is 1. The van der Waals surface area contributed by atoms with Crippen LogP contribution in [0.2, 0.25) is 0 Å². The Morgan fingerprint density at radius 2 is 1.86 bits per heavy atom. The first-order valence-electron chi connectivity index (χ1n) is 9.18. The molecule has 4 aromatic heterocycles. The molecule has 0 aliphatic carbocycles. The molecule has 148 valence electrons. The van der Waals surface area contributed by atoms with Crippen LogP contribution >= 0.6 is 0 Å². The van der Waals surface area contributed by atoms with Crippen LogP contribution in [0.25, 0.3) is 17.2 Å². The summed E-state index contributed by atoms with van der Waals surface area (Å²) in [6.45, 7) is 2.04. The summed E-state index contributed by atoms with van der Waals surface area (Å²) in [5.74, 6) is -0.0170. The van der Waals surface area contributed by atoms with Crippen molar-refractivity contribution < 1.29 is 8.78 Å². The van der Waals surface area contributed by atoms with Crippen molar-refractivity contribution in [3.8, 4) is 11.5 Å². The zero-order valence-electron chi connectivity index (χ0n) is 15.7. The molecule has 1 atom stereocenters. The smallest absolute Gasteiger partial charge is 0.180 e. The molecule has 0 saturated heterocycles. The number of pyridine rings is 2. The fourth-order valence-electron chi connectivity index (χ4n) is 3.09. The third kappa shape index (κ3) is 3.84. The van der Waals surface area contributed by atoms with Gasteiger partial charge in [0.1, 0.15) is 23.0 Å². The molecule has 0 bridgehead atoms. The van der Waals surface area contributed by atoms with Gasteiger partial charge in [-0.15, -0.1) is 0 Å². The number of rotatable bonds is 6. The normalized spacial score (nSPS) is 12.2. The second-order valence-electron chi connectivity index (χ2n) is 6.60. The predicted molar refractivity (Wildman–Crippen MR) is 106 cm³/mol. The number of nitrogen functional groups attached to an aromatic ring is 1. The van der Waals surface area contributed by atoms with Gasteiger partial charge in [0.2, 0.25) is 0 Å². The Morgan fingerprint density at radius 3 is 2.62 bits per heavy atom. The van der Waals surface area contributed by atoms with Gasteiger partial charge in [0.05, 0.1) is 36.0 Å². The Bertz CT molecular complexity index is 1140. The van der Waals surface area contributed by atoms with E-state index in [2.05, 4.69) is 25.3 Å². The van der Waals surface area contributed by atoms with Gasteiger partial charge >= 0.3 is 0 Å².